The van der Waals surface area contributed by atoms with Gasteiger partial charge in [-0.3, -0.25) is 23.5 Å². The SMILES string of the molecule is CCC(C)Cn1c(=O)c2c3c(cnc2n(CC(C)CC)c1=O)C(=O)C1=C(C3=O)C2CCC1CC2. The predicted octanol–water partition coefficient (Wildman–Crippen LogP) is 4.15. The summed E-state index contributed by atoms with van der Waals surface area (Å²) < 4.78 is 2.80. The molecule has 180 valence electrons. The predicted molar refractivity (Wildman–Crippen MR) is 130 cm³/mol. The van der Waals surface area contributed by atoms with Crippen molar-refractivity contribution in [3.05, 3.63) is 49.3 Å². The van der Waals surface area contributed by atoms with Gasteiger partial charge in [-0.1, -0.05) is 40.5 Å². The van der Waals surface area contributed by atoms with E-state index in [0.29, 0.717) is 17.7 Å². The third-order valence-electron chi connectivity index (χ3n) is 8.41. The highest BCUT2D eigenvalue weighted by atomic mass is 16.2. The maximum absolute atomic E-state index is 13.9. The second kappa shape index (κ2) is 8.43. The highest BCUT2D eigenvalue weighted by molar-refractivity contribution is 6.30. The van der Waals surface area contributed by atoms with E-state index in [2.05, 4.69) is 11.9 Å². The molecule has 2 heterocycles. The van der Waals surface area contributed by atoms with Crippen molar-refractivity contribution in [1.82, 2.24) is 14.1 Å². The lowest BCUT2D eigenvalue weighted by molar-refractivity contribution is 0.0922. The van der Waals surface area contributed by atoms with Crippen LogP contribution in [0.2, 0.25) is 0 Å². The van der Waals surface area contributed by atoms with Gasteiger partial charge in [0.25, 0.3) is 5.56 Å². The largest absolute Gasteiger partial charge is 0.332 e. The zero-order chi connectivity index (χ0) is 24.3. The van der Waals surface area contributed by atoms with E-state index >= 15 is 0 Å². The normalized spacial score (nSPS) is 23.3. The summed E-state index contributed by atoms with van der Waals surface area (Å²) in [6, 6.07) is 0. The molecule has 4 aliphatic rings. The highest BCUT2D eigenvalue weighted by Gasteiger charge is 2.46. The summed E-state index contributed by atoms with van der Waals surface area (Å²) in [7, 11) is 0. The number of hydrogen-bond donors (Lipinski definition) is 0. The molecule has 4 aliphatic carbocycles. The molecule has 34 heavy (non-hydrogen) atoms. The van der Waals surface area contributed by atoms with E-state index in [1.165, 1.54) is 10.8 Å². The fraction of sp³-hybridized carbons (Fsp3) is 0.593. The van der Waals surface area contributed by atoms with Gasteiger partial charge in [0.05, 0.1) is 16.5 Å². The molecule has 2 bridgehead atoms. The number of pyridine rings is 1. The number of fused-ring (bicyclic) bond motifs is 5. The molecule has 1 fully saturated rings. The Kier molecular flexibility index (Phi) is 5.69. The molecule has 6 rings (SSSR count). The molecule has 7 nitrogen and oxygen atoms in total. The molecule has 7 heteroatoms. The Morgan fingerprint density at radius 2 is 1.38 bits per heavy atom. The highest BCUT2D eigenvalue weighted by Crippen LogP contribution is 2.49. The number of ketones is 2. The van der Waals surface area contributed by atoms with Crippen molar-refractivity contribution in [2.75, 3.05) is 0 Å². The number of hydrogen-bond acceptors (Lipinski definition) is 5. The van der Waals surface area contributed by atoms with Crippen LogP contribution in [0, 0.1) is 23.7 Å². The Hall–Kier alpha value is -2.83. The number of rotatable bonds is 6. The van der Waals surface area contributed by atoms with E-state index in [-0.39, 0.29) is 63.9 Å². The molecule has 2 aromatic heterocycles. The minimum atomic E-state index is -0.503. The lowest BCUT2D eigenvalue weighted by Crippen LogP contribution is -2.44. The van der Waals surface area contributed by atoms with Crippen LogP contribution in [0.25, 0.3) is 11.0 Å². The van der Waals surface area contributed by atoms with Crippen LogP contribution in [0.1, 0.15) is 86.9 Å². The Morgan fingerprint density at radius 1 is 0.853 bits per heavy atom. The van der Waals surface area contributed by atoms with E-state index in [9.17, 15) is 19.2 Å². The first-order valence-electron chi connectivity index (χ1n) is 12.8. The molecular formula is C27H33N3O4. The van der Waals surface area contributed by atoms with Gasteiger partial charge in [0.15, 0.2) is 11.6 Å². The Balaban J connectivity index is 1.83. The van der Waals surface area contributed by atoms with Crippen molar-refractivity contribution in [3.63, 3.8) is 0 Å². The van der Waals surface area contributed by atoms with E-state index in [4.69, 9.17) is 0 Å². The molecule has 0 radical (unpaired) electrons. The molecular weight excluding hydrogens is 430 g/mol. The molecule has 0 aromatic carbocycles. The maximum Gasteiger partial charge on any atom is 0.332 e. The third-order valence-corrected chi connectivity index (χ3v) is 8.41. The van der Waals surface area contributed by atoms with Crippen LogP contribution in [0.4, 0.5) is 0 Å². The van der Waals surface area contributed by atoms with Gasteiger partial charge in [0, 0.05) is 30.4 Å². The summed E-state index contributed by atoms with van der Waals surface area (Å²) in [5, 5.41) is 0.134. The molecule has 0 saturated heterocycles. The zero-order valence-corrected chi connectivity index (χ0v) is 20.5. The van der Waals surface area contributed by atoms with Crippen molar-refractivity contribution in [3.8, 4) is 0 Å². The average molecular weight is 464 g/mol. The van der Waals surface area contributed by atoms with Gasteiger partial charge in [0.2, 0.25) is 0 Å². The van der Waals surface area contributed by atoms with Crippen LogP contribution in [-0.2, 0) is 13.1 Å². The first-order chi connectivity index (χ1) is 16.3. The van der Waals surface area contributed by atoms with Crippen molar-refractivity contribution in [1.29, 1.82) is 0 Å². The fourth-order valence-electron chi connectivity index (χ4n) is 5.99. The lowest BCUT2D eigenvalue weighted by Gasteiger charge is -2.41. The lowest BCUT2D eigenvalue weighted by atomic mass is 9.61. The van der Waals surface area contributed by atoms with Gasteiger partial charge in [-0.2, -0.15) is 0 Å². The minimum absolute atomic E-state index is 0.0844. The molecule has 0 amide bonds. The van der Waals surface area contributed by atoms with Crippen molar-refractivity contribution in [2.45, 2.75) is 79.3 Å². The zero-order valence-electron chi connectivity index (χ0n) is 20.5. The van der Waals surface area contributed by atoms with E-state index < -0.39 is 11.2 Å². The molecule has 2 atom stereocenters. The molecule has 0 aliphatic heterocycles. The second-order valence-corrected chi connectivity index (χ2v) is 10.6. The maximum atomic E-state index is 13.9. The van der Waals surface area contributed by atoms with Crippen LogP contribution < -0.4 is 11.2 Å². The summed E-state index contributed by atoms with van der Waals surface area (Å²) in [5.74, 6) is 0.165. The fourth-order valence-corrected chi connectivity index (χ4v) is 5.99. The topological polar surface area (TPSA) is 91.0 Å². The van der Waals surface area contributed by atoms with Gasteiger partial charge in [0.1, 0.15) is 5.65 Å². The van der Waals surface area contributed by atoms with Gasteiger partial charge >= 0.3 is 5.69 Å². The Morgan fingerprint density at radius 3 is 1.94 bits per heavy atom. The molecule has 2 unspecified atom stereocenters. The second-order valence-electron chi connectivity index (χ2n) is 10.6. The van der Waals surface area contributed by atoms with Gasteiger partial charge in [-0.05, 0) is 49.4 Å². The number of nitrogens with zero attached hydrogens (tertiary/aromatic N) is 3. The molecule has 0 spiro atoms. The van der Waals surface area contributed by atoms with Crippen molar-refractivity contribution >= 4 is 22.6 Å². The first kappa shape index (κ1) is 22.9. The Labute approximate surface area is 198 Å². The van der Waals surface area contributed by atoms with Crippen LogP contribution >= 0.6 is 0 Å². The molecule has 1 saturated carbocycles. The van der Waals surface area contributed by atoms with Gasteiger partial charge < -0.3 is 0 Å². The summed E-state index contributed by atoms with van der Waals surface area (Å²) in [6.45, 7) is 8.79. The van der Waals surface area contributed by atoms with E-state index in [1.807, 2.05) is 20.8 Å². The van der Waals surface area contributed by atoms with Gasteiger partial charge in [-0.25, -0.2) is 9.78 Å². The van der Waals surface area contributed by atoms with Crippen molar-refractivity contribution < 1.29 is 9.59 Å². The van der Waals surface area contributed by atoms with Crippen LogP contribution in [0.3, 0.4) is 0 Å². The van der Waals surface area contributed by atoms with E-state index in [1.54, 1.807) is 4.57 Å². The number of carbonyl (C=O) groups is 2. The number of Topliss-reactive ketones (excluding diaryl/α,β-unsaturated/α-hetero) is 2. The number of allylic oxidation sites excluding steroid dienone is 2. The molecule has 0 N–H and O–H groups in total. The average Bonchev–Trinajstić information content (AvgIpc) is 2.86. The number of aromatic nitrogens is 3. The van der Waals surface area contributed by atoms with Crippen molar-refractivity contribution in [2.24, 2.45) is 23.7 Å². The third kappa shape index (κ3) is 3.27. The Bertz CT molecular complexity index is 1350. The van der Waals surface area contributed by atoms with Crippen LogP contribution in [0.5, 0.6) is 0 Å². The summed E-state index contributed by atoms with van der Waals surface area (Å²) in [6.07, 6.45) is 6.81. The summed E-state index contributed by atoms with van der Waals surface area (Å²) in [4.78, 5) is 59.3. The summed E-state index contributed by atoms with van der Waals surface area (Å²) >= 11 is 0. The van der Waals surface area contributed by atoms with Crippen LogP contribution in [-0.4, -0.2) is 25.7 Å². The smallest absolute Gasteiger partial charge is 0.289 e. The first-order valence-corrected chi connectivity index (χ1v) is 12.8. The monoisotopic (exact) mass is 463 g/mol. The van der Waals surface area contributed by atoms with E-state index in [0.717, 1.165) is 38.5 Å². The standard InChI is InChI=1S/C27H33N3O4/c1-5-14(3)12-29-25-22(26(33)30(27(29)34)13-15(4)6-2)21-18(11-28-25)23(31)19-16-7-9-17(10-8-16)20(19)24(21)32/h11,14-17H,5-10,12-13H2,1-4H3. The van der Waals surface area contributed by atoms with Gasteiger partial charge in [-0.15, -0.1) is 0 Å². The molecule has 2 aromatic rings. The summed E-state index contributed by atoms with van der Waals surface area (Å²) in [5.41, 5.74) is 1.01. The van der Waals surface area contributed by atoms with Crippen LogP contribution in [0.15, 0.2) is 26.9 Å². The minimum Gasteiger partial charge on any atom is -0.289 e. The quantitative estimate of drug-likeness (QED) is 0.642. The number of carbonyl (C=O) groups excluding carboxylic acids is 2.